The lowest BCUT2D eigenvalue weighted by molar-refractivity contribution is -0.137. The fraction of sp³-hybridized carbons (Fsp3) is 0.429. The van der Waals surface area contributed by atoms with Gasteiger partial charge in [-0.25, -0.2) is 0 Å². The Hall–Kier alpha value is -2.44. The van der Waals surface area contributed by atoms with Crippen LogP contribution in [0.3, 0.4) is 0 Å². The van der Waals surface area contributed by atoms with Crippen molar-refractivity contribution < 1.29 is 14.6 Å². The average molecular weight is 290 g/mol. The molecular weight excluding hydrogens is 272 g/mol. The molecule has 1 aromatic heterocycles. The van der Waals surface area contributed by atoms with Crippen molar-refractivity contribution in [1.82, 2.24) is 20.2 Å². The molecule has 2 aromatic rings. The first-order valence-corrected chi connectivity index (χ1v) is 6.67. The summed E-state index contributed by atoms with van der Waals surface area (Å²) in [5.41, 5.74) is 2.82. The minimum Gasteiger partial charge on any atom is -0.493 e. The largest absolute Gasteiger partial charge is 0.493 e. The molecule has 0 unspecified atom stereocenters. The lowest BCUT2D eigenvalue weighted by Crippen LogP contribution is -2.04. The maximum Gasteiger partial charge on any atom is 0.303 e. The van der Waals surface area contributed by atoms with E-state index in [2.05, 4.69) is 15.4 Å². The predicted octanol–water partition coefficient (Wildman–Crippen LogP) is 1.74. The average Bonchev–Trinajstić information content (AvgIpc) is 2.83. The summed E-state index contributed by atoms with van der Waals surface area (Å²) >= 11 is 0. The molecule has 1 N–H and O–H groups in total. The number of aliphatic carboxylic acids is 1. The van der Waals surface area contributed by atoms with Gasteiger partial charge < -0.3 is 9.84 Å². The number of rotatable bonds is 6. The van der Waals surface area contributed by atoms with E-state index in [0.717, 1.165) is 22.4 Å². The second kappa shape index (κ2) is 6.34. The van der Waals surface area contributed by atoms with Gasteiger partial charge in [-0.15, -0.1) is 10.2 Å². The minimum absolute atomic E-state index is 0.111. The number of ether oxygens (including phenoxy) is 1. The van der Waals surface area contributed by atoms with Crippen LogP contribution in [0, 0.1) is 13.8 Å². The number of aryl methyl sites for hydroxylation is 3. The van der Waals surface area contributed by atoms with Crippen LogP contribution in [0.2, 0.25) is 0 Å². The Morgan fingerprint density at radius 2 is 2.00 bits per heavy atom. The van der Waals surface area contributed by atoms with Crippen LogP contribution in [0.25, 0.3) is 11.4 Å². The Morgan fingerprint density at radius 3 is 2.52 bits per heavy atom. The molecule has 2 rings (SSSR count). The van der Waals surface area contributed by atoms with Gasteiger partial charge in [-0.2, -0.15) is 4.80 Å². The molecule has 112 valence electrons. The Bertz CT molecular complexity index is 628. The molecule has 0 radical (unpaired) electrons. The molecule has 0 saturated heterocycles. The topological polar surface area (TPSA) is 90.1 Å². The van der Waals surface area contributed by atoms with E-state index in [4.69, 9.17) is 9.84 Å². The highest BCUT2D eigenvalue weighted by Crippen LogP contribution is 2.28. The van der Waals surface area contributed by atoms with Gasteiger partial charge in [-0.05, 0) is 48.7 Å². The number of carboxylic acids is 1. The summed E-state index contributed by atoms with van der Waals surface area (Å²) in [4.78, 5) is 11.9. The number of aromatic nitrogens is 4. The Labute approximate surface area is 122 Å². The molecule has 0 bridgehead atoms. The summed E-state index contributed by atoms with van der Waals surface area (Å²) in [5, 5.41) is 20.6. The van der Waals surface area contributed by atoms with Crippen LogP contribution in [0.4, 0.5) is 0 Å². The van der Waals surface area contributed by atoms with Gasteiger partial charge in [0.05, 0.1) is 13.7 Å². The minimum atomic E-state index is -0.809. The Kier molecular flexibility index (Phi) is 4.52. The highest BCUT2D eigenvalue weighted by molar-refractivity contribution is 5.66. The lowest BCUT2D eigenvalue weighted by atomic mass is 10.1. The first-order valence-electron chi connectivity index (χ1n) is 6.67. The van der Waals surface area contributed by atoms with Gasteiger partial charge in [0.15, 0.2) is 0 Å². The van der Waals surface area contributed by atoms with E-state index in [1.807, 2.05) is 26.0 Å². The molecule has 1 aromatic carbocycles. The van der Waals surface area contributed by atoms with Crippen molar-refractivity contribution in [3.05, 3.63) is 23.3 Å². The van der Waals surface area contributed by atoms with Crippen LogP contribution in [-0.4, -0.2) is 37.9 Å². The zero-order valence-corrected chi connectivity index (χ0v) is 12.3. The predicted molar refractivity (Wildman–Crippen MR) is 76.1 cm³/mol. The number of carbonyl (C=O) groups is 1. The van der Waals surface area contributed by atoms with E-state index in [1.165, 1.54) is 4.80 Å². The van der Waals surface area contributed by atoms with Crippen LogP contribution >= 0.6 is 0 Å². The molecule has 7 nitrogen and oxygen atoms in total. The van der Waals surface area contributed by atoms with Crippen molar-refractivity contribution in [3.63, 3.8) is 0 Å². The molecule has 21 heavy (non-hydrogen) atoms. The van der Waals surface area contributed by atoms with Crippen LogP contribution in [0.15, 0.2) is 12.1 Å². The third-order valence-corrected chi connectivity index (χ3v) is 3.01. The van der Waals surface area contributed by atoms with Gasteiger partial charge in [0.25, 0.3) is 0 Å². The molecule has 0 aliphatic rings. The zero-order chi connectivity index (χ0) is 15.4. The second-order valence-electron chi connectivity index (χ2n) is 4.89. The first-order chi connectivity index (χ1) is 9.97. The summed E-state index contributed by atoms with van der Waals surface area (Å²) in [6, 6.07) is 3.88. The molecule has 1 heterocycles. The quantitative estimate of drug-likeness (QED) is 0.815. The van der Waals surface area contributed by atoms with Gasteiger partial charge in [0.2, 0.25) is 5.82 Å². The van der Waals surface area contributed by atoms with E-state index in [0.29, 0.717) is 18.9 Å². The third-order valence-electron chi connectivity index (χ3n) is 3.01. The number of carboxylic acid groups (broad SMARTS) is 1. The van der Waals surface area contributed by atoms with Crippen molar-refractivity contribution >= 4 is 5.97 Å². The van der Waals surface area contributed by atoms with Crippen LogP contribution in [0.5, 0.6) is 5.75 Å². The van der Waals surface area contributed by atoms with Crippen molar-refractivity contribution in [2.75, 3.05) is 6.61 Å². The van der Waals surface area contributed by atoms with Gasteiger partial charge in [0, 0.05) is 12.0 Å². The van der Waals surface area contributed by atoms with E-state index in [9.17, 15) is 4.79 Å². The summed E-state index contributed by atoms with van der Waals surface area (Å²) in [6.45, 7) is 4.27. The van der Waals surface area contributed by atoms with Crippen LogP contribution < -0.4 is 4.74 Å². The van der Waals surface area contributed by atoms with Gasteiger partial charge in [0.1, 0.15) is 5.75 Å². The van der Waals surface area contributed by atoms with Crippen molar-refractivity contribution in [1.29, 1.82) is 0 Å². The molecule has 0 fully saturated rings. The molecule has 0 spiro atoms. The number of tetrazole rings is 1. The molecule has 7 heteroatoms. The summed E-state index contributed by atoms with van der Waals surface area (Å²) in [5.74, 6) is 0.547. The summed E-state index contributed by atoms with van der Waals surface area (Å²) < 4.78 is 5.69. The van der Waals surface area contributed by atoms with Crippen molar-refractivity contribution in [2.45, 2.75) is 26.7 Å². The number of hydrogen-bond acceptors (Lipinski definition) is 5. The molecule has 0 amide bonds. The number of nitrogens with zero attached hydrogens (tertiary/aromatic N) is 4. The van der Waals surface area contributed by atoms with E-state index in [1.54, 1.807) is 7.05 Å². The van der Waals surface area contributed by atoms with Crippen molar-refractivity contribution in [2.24, 2.45) is 7.05 Å². The highest BCUT2D eigenvalue weighted by Gasteiger charge is 2.11. The molecule has 0 saturated carbocycles. The third kappa shape index (κ3) is 3.77. The molecule has 0 aliphatic heterocycles. The van der Waals surface area contributed by atoms with Gasteiger partial charge in [-0.3, -0.25) is 4.79 Å². The number of hydrogen-bond donors (Lipinski definition) is 1. The Morgan fingerprint density at radius 1 is 1.33 bits per heavy atom. The SMILES string of the molecule is Cc1cc(-c2nnn(C)n2)cc(C)c1OCCCC(=O)O. The zero-order valence-electron chi connectivity index (χ0n) is 12.3. The van der Waals surface area contributed by atoms with E-state index >= 15 is 0 Å². The Balaban J connectivity index is 2.12. The normalized spacial score (nSPS) is 10.6. The maximum atomic E-state index is 10.5. The fourth-order valence-electron chi connectivity index (χ4n) is 2.10. The van der Waals surface area contributed by atoms with Gasteiger partial charge >= 0.3 is 5.97 Å². The standard InChI is InChI=1S/C14H18N4O3/c1-9-7-11(14-15-17-18(3)16-14)8-10(2)13(9)21-6-4-5-12(19)20/h7-8H,4-6H2,1-3H3,(H,19,20). The molecule has 0 aliphatic carbocycles. The smallest absolute Gasteiger partial charge is 0.303 e. The molecule has 0 atom stereocenters. The fourth-order valence-corrected chi connectivity index (χ4v) is 2.10. The molecular formula is C14H18N4O3. The number of benzene rings is 1. The van der Waals surface area contributed by atoms with E-state index in [-0.39, 0.29) is 6.42 Å². The lowest BCUT2D eigenvalue weighted by Gasteiger charge is -2.12. The second-order valence-corrected chi connectivity index (χ2v) is 4.89. The van der Waals surface area contributed by atoms with Gasteiger partial charge in [-0.1, -0.05) is 0 Å². The monoisotopic (exact) mass is 290 g/mol. The highest BCUT2D eigenvalue weighted by atomic mass is 16.5. The van der Waals surface area contributed by atoms with Crippen LogP contribution in [0.1, 0.15) is 24.0 Å². The summed E-state index contributed by atoms with van der Waals surface area (Å²) in [7, 11) is 1.72. The van der Waals surface area contributed by atoms with Crippen molar-refractivity contribution in [3.8, 4) is 17.1 Å². The summed E-state index contributed by atoms with van der Waals surface area (Å²) in [6.07, 6.45) is 0.599. The maximum absolute atomic E-state index is 10.5. The van der Waals surface area contributed by atoms with Crippen LogP contribution in [-0.2, 0) is 11.8 Å². The first kappa shape index (κ1) is 15.0. The van der Waals surface area contributed by atoms with E-state index < -0.39 is 5.97 Å².